The van der Waals surface area contributed by atoms with E-state index in [0.717, 1.165) is 30.2 Å². The van der Waals surface area contributed by atoms with Gasteiger partial charge in [0.15, 0.2) is 0 Å². The van der Waals surface area contributed by atoms with Crippen LogP contribution in [0.1, 0.15) is 55.6 Å². The van der Waals surface area contributed by atoms with Crippen molar-refractivity contribution in [3.63, 3.8) is 0 Å². The van der Waals surface area contributed by atoms with Crippen molar-refractivity contribution in [1.29, 1.82) is 0 Å². The summed E-state index contributed by atoms with van der Waals surface area (Å²) in [6, 6.07) is 19.3. The number of benzene rings is 2. The van der Waals surface area contributed by atoms with Crippen molar-refractivity contribution in [2.75, 3.05) is 27.7 Å². The lowest BCUT2D eigenvalue weighted by Crippen LogP contribution is -3.00. The van der Waals surface area contributed by atoms with Gasteiger partial charge in [-0.2, -0.15) is 0 Å². The van der Waals surface area contributed by atoms with Gasteiger partial charge in [-0.1, -0.05) is 58.4 Å². The Labute approximate surface area is 207 Å². The van der Waals surface area contributed by atoms with Crippen LogP contribution in [0.2, 0.25) is 0 Å². The van der Waals surface area contributed by atoms with E-state index in [-0.39, 0.29) is 36.5 Å². The maximum Gasteiger partial charge on any atom is 0.314 e. The first kappa shape index (κ1) is 27.0. The first-order valence-corrected chi connectivity index (χ1v) is 12.1. The SMILES string of the molecule is C[N+](C)(C)C(=O)C[C@@H](CCO)NC1(c2ccc(Br)cc2)CCC(c2ccccc2)CC1.[Cl-]. The number of halogens is 2. The van der Waals surface area contributed by atoms with Gasteiger partial charge in [0.25, 0.3) is 0 Å². The zero-order valence-electron chi connectivity index (χ0n) is 19.4. The Hall–Kier alpha value is -1.24. The predicted molar refractivity (Wildman–Crippen MR) is 130 cm³/mol. The number of carbonyl (C=O) groups is 1. The van der Waals surface area contributed by atoms with Crippen LogP contribution in [0.5, 0.6) is 0 Å². The highest BCUT2D eigenvalue weighted by molar-refractivity contribution is 9.10. The molecule has 0 aromatic heterocycles. The molecule has 1 aliphatic carbocycles. The third kappa shape index (κ3) is 6.88. The molecule has 0 heterocycles. The van der Waals surface area contributed by atoms with Crippen molar-refractivity contribution in [1.82, 2.24) is 5.32 Å². The summed E-state index contributed by atoms with van der Waals surface area (Å²) in [6.45, 7) is 0.0746. The Bertz CT molecular complexity index is 844. The largest absolute Gasteiger partial charge is 1.00 e. The molecule has 0 saturated heterocycles. The Morgan fingerprint density at radius 2 is 1.69 bits per heavy atom. The van der Waals surface area contributed by atoms with E-state index < -0.39 is 0 Å². The van der Waals surface area contributed by atoms with Crippen molar-refractivity contribution < 1.29 is 26.8 Å². The van der Waals surface area contributed by atoms with Gasteiger partial charge in [-0.15, -0.1) is 0 Å². The van der Waals surface area contributed by atoms with Crippen LogP contribution in [0, 0.1) is 0 Å². The molecule has 0 bridgehead atoms. The van der Waals surface area contributed by atoms with E-state index in [4.69, 9.17) is 0 Å². The molecule has 0 aliphatic heterocycles. The molecule has 176 valence electrons. The van der Waals surface area contributed by atoms with Crippen LogP contribution in [0.3, 0.4) is 0 Å². The second-order valence-electron chi connectivity index (χ2n) is 9.74. The molecular weight excluding hydrogens is 488 g/mol. The zero-order valence-corrected chi connectivity index (χ0v) is 21.7. The molecule has 0 radical (unpaired) electrons. The molecule has 0 unspecified atom stereocenters. The van der Waals surface area contributed by atoms with Gasteiger partial charge in [0, 0.05) is 22.7 Å². The number of aliphatic hydroxyl groups excluding tert-OH is 1. The number of rotatable bonds is 8. The van der Waals surface area contributed by atoms with Crippen LogP contribution >= 0.6 is 15.9 Å². The molecule has 2 N–H and O–H groups in total. The van der Waals surface area contributed by atoms with Crippen LogP contribution in [0.15, 0.2) is 59.1 Å². The normalized spacial score (nSPS) is 22.1. The summed E-state index contributed by atoms with van der Waals surface area (Å²) in [4.78, 5) is 12.8. The molecule has 0 spiro atoms. The summed E-state index contributed by atoms with van der Waals surface area (Å²) in [5.41, 5.74) is 2.50. The Balaban J connectivity index is 0.00000363. The van der Waals surface area contributed by atoms with Gasteiger partial charge in [0.2, 0.25) is 0 Å². The van der Waals surface area contributed by atoms with Crippen molar-refractivity contribution >= 4 is 21.8 Å². The second kappa shape index (κ2) is 11.8. The number of hydrogen-bond donors (Lipinski definition) is 2. The van der Waals surface area contributed by atoms with Crippen molar-refractivity contribution in [2.24, 2.45) is 0 Å². The maximum absolute atomic E-state index is 12.8. The molecule has 3 rings (SSSR count). The average Bonchev–Trinajstić information content (AvgIpc) is 2.75. The lowest BCUT2D eigenvalue weighted by molar-refractivity contribution is -0.792. The highest BCUT2D eigenvalue weighted by Gasteiger charge is 2.39. The molecule has 6 heteroatoms. The zero-order chi connectivity index (χ0) is 22.5. The molecule has 1 amide bonds. The molecular formula is C26H36BrClN2O2. The molecule has 2 aromatic rings. The highest BCUT2D eigenvalue weighted by atomic mass is 79.9. The third-order valence-corrected chi connectivity index (χ3v) is 7.16. The first-order chi connectivity index (χ1) is 14.7. The van der Waals surface area contributed by atoms with Crippen LogP contribution in [0.4, 0.5) is 0 Å². The standard InChI is InChI=1S/C26H36BrN2O2.ClH/c1-29(2,3)25(31)19-24(15-18-30)28-26(22-9-11-23(27)12-10-22)16-13-21(14-17-26)20-7-5-4-6-8-20;/h4-12,21,24,28,30H,13-19H2,1-3H3;1H/q+1;/p-1/t21?,24-,26?;/m1./s1. The monoisotopic (exact) mass is 522 g/mol. The van der Waals surface area contributed by atoms with E-state index in [1.807, 2.05) is 21.1 Å². The summed E-state index contributed by atoms with van der Waals surface area (Å²) >= 11 is 3.56. The van der Waals surface area contributed by atoms with Crippen molar-refractivity contribution in [2.45, 2.75) is 56.0 Å². The van der Waals surface area contributed by atoms with Crippen LogP contribution in [-0.4, -0.2) is 49.3 Å². The summed E-state index contributed by atoms with van der Waals surface area (Å²) in [7, 11) is 5.73. The van der Waals surface area contributed by atoms with Crippen LogP contribution in [-0.2, 0) is 10.3 Å². The lowest BCUT2D eigenvalue weighted by atomic mass is 9.70. The van der Waals surface area contributed by atoms with Gasteiger partial charge in [0.1, 0.15) is 0 Å². The molecule has 32 heavy (non-hydrogen) atoms. The van der Waals surface area contributed by atoms with Crippen molar-refractivity contribution in [3.05, 3.63) is 70.2 Å². The Kier molecular flexibility index (Phi) is 9.92. The van der Waals surface area contributed by atoms with E-state index >= 15 is 0 Å². The maximum atomic E-state index is 12.8. The fourth-order valence-corrected chi connectivity index (χ4v) is 4.98. The van der Waals surface area contributed by atoms with E-state index in [9.17, 15) is 9.90 Å². The molecule has 1 aliphatic rings. The van der Waals surface area contributed by atoms with Gasteiger partial charge in [-0.3, -0.25) is 4.48 Å². The first-order valence-electron chi connectivity index (χ1n) is 11.3. The number of hydrogen-bond acceptors (Lipinski definition) is 3. The number of carbonyl (C=O) groups excluding carboxylic acids is 1. The second-order valence-corrected chi connectivity index (χ2v) is 10.7. The summed E-state index contributed by atoms with van der Waals surface area (Å²) in [5, 5.41) is 13.6. The summed E-state index contributed by atoms with van der Waals surface area (Å²) in [5.74, 6) is 0.741. The van der Waals surface area contributed by atoms with Gasteiger partial charge in [-0.05, 0) is 61.3 Å². The minimum absolute atomic E-state index is 0. The fraction of sp³-hybridized carbons (Fsp3) is 0.500. The van der Waals surface area contributed by atoms with E-state index in [1.165, 1.54) is 11.1 Å². The number of aliphatic hydroxyl groups is 1. The number of quaternary nitrogens is 1. The van der Waals surface area contributed by atoms with Gasteiger partial charge in [-0.25, -0.2) is 4.79 Å². The molecule has 1 saturated carbocycles. The Morgan fingerprint density at radius 3 is 2.22 bits per heavy atom. The van der Waals surface area contributed by atoms with Crippen LogP contribution < -0.4 is 17.7 Å². The van der Waals surface area contributed by atoms with E-state index in [0.29, 0.717) is 23.2 Å². The number of nitrogens with zero attached hydrogens (tertiary/aromatic N) is 1. The van der Waals surface area contributed by atoms with Gasteiger partial charge in [0.05, 0.1) is 27.6 Å². The minimum Gasteiger partial charge on any atom is -1.00 e. The molecule has 1 atom stereocenters. The number of nitrogens with one attached hydrogen (secondary N) is 1. The summed E-state index contributed by atoms with van der Waals surface area (Å²) in [6.07, 6.45) is 5.21. The van der Waals surface area contributed by atoms with E-state index in [2.05, 4.69) is 75.8 Å². The number of amides is 1. The quantitative estimate of drug-likeness (QED) is 0.520. The van der Waals surface area contributed by atoms with Gasteiger partial charge < -0.3 is 22.8 Å². The molecule has 4 nitrogen and oxygen atoms in total. The lowest BCUT2D eigenvalue weighted by Gasteiger charge is -2.44. The topological polar surface area (TPSA) is 49.3 Å². The summed E-state index contributed by atoms with van der Waals surface area (Å²) < 4.78 is 1.36. The van der Waals surface area contributed by atoms with E-state index in [1.54, 1.807) is 0 Å². The predicted octanol–water partition coefficient (Wildman–Crippen LogP) is 1.97. The van der Waals surface area contributed by atoms with Crippen molar-refractivity contribution in [3.8, 4) is 0 Å². The highest BCUT2D eigenvalue weighted by Crippen LogP contribution is 2.44. The van der Waals surface area contributed by atoms with Gasteiger partial charge >= 0.3 is 5.91 Å². The Morgan fingerprint density at radius 1 is 1.09 bits per heavy atom. The smallest absolute Gasteiger partial charge is 0.314 e. The third-order valence-electron chi connectivity index (χ3n) is 6.63. The fourth-order valence-electron chi connectivity index (χ4n) is 4.71. The molecule has 1 fully saturated rings. The average molecular weight is 524 g/mol. The minimum atomic E-state index is -0.184. The van der Waals surface area contributed by atoms with Crippen LogP contribution in [0.25, 0.3) is 0 Å². The molecule has 2 aromatic carbocycles.